The van der Waals surface area contributed by atoms with Crippen molar-refractivity contribution in [3.63, 3.8) is 0 Å². The first-order chi connectivity index (χ1) is 7.81. The fourth-order valence-corrected chi connectivity index (χ4v) is 1.83. The Labute approximate surface area is 111 Å². The van der Waals surface area contributed by atoms with Gasteiger partial charge in [-0.15, -0.1) is 0 Å². The predicted octanol–water partition coefficient (Wildman–Crippen LogP) is 4.24. The fraction of sp³-hybridized carbons (Fsp3) is 0.462. The van der Waals surface area contributed by atoms with Gasteiger partial charge in [-0.05, 0) is 44.9 Å². The van der Waals surface area contributed by atoms with Crippen molar-refractivity contribution in [1.29, 1.82) is 0 Å². The summed E-state index contributed by atoms with van der Waals surface area (Å²) in [6.45, 7) is 7.51. The first-order valence-corrected chi connectivity index (χ1v) is 6.59. The lowest BCUT2D eigenvalue weighted by molar-refractivity contribution is 0.0636. The van der Waals surface area contributed by atoms with Crippen LogP contribution >= 0.6 is 15.9 Å². The number of amides is 1. The van der Waals surface area contributed by atoms with Gasteiger partial charge in [-0.25, -0.2) is 4.79 Å². The molecule has 0 aliphatic rings. The Morgan fingerprint density at radius 2 is 2.06 bits per heavy atom. The number of aryl methyl sites for hydroxylation is 1. The average molecular weight is 300 g/mol. The monoisotopic (exact) mass is 299 g/mol. The van der Waals surface area contributed by atoms with E-state index in [0.717, 1.165) is 16.8 Å². The number of alkyl halides is 1. The molecule has 0 unspecified atom stereocenters. The molecule has 3 nitrogen and oxygen atoms in total. The summed E-state index contributed by atoms with van der Waals surface area (Å²) in [7, 11) is 0. The third-order valence-electron chi connectivity index (χ3n) is 2.04. The van der Waals surface area contributed by atoms with E-state index < -0.39 is 11.7 Å². The number of rotatable bonds is 2. The SMILES string of the molecule is Cc1ccc(CBr)c(NC(=O)OC(C)(C)C)c1. The van der Waals surface area contributed by atoms with Crippen molar-refractivity contribution in [1.82, 2.24) is 0 Å². The summed E-state index contributed by atoms with van der Waals surface area (Å²) in [5, 5.41) is 3.46. The van der Waals surface area contributed by atoms with Gasteiger partial charge in [0.15, 0.2) is 0 Å². The van der Waals surface area contributed by atoms with E-state index in [0.29, 0.717) is 5.33 Å². The van der Waals surface area contributed by atoms with Crippen LogP contribution in [0.25, 0.3) is 0 Å². The van der Waals surface area contributed by atoms with Crippen molar-refractivity contribution < 1.29 is 9.53 Å². The van der Waals surface area contributed by atoms with E-state index in [1.807, 2.05) is 45.9 Å². The van der Waals surface area contributed by atoms with Gasteiger partial charge in [0, 0.05) is 11.0 Å². The van der Waals surface area contributed by atoms with E-state index in [2.05, 4.69) is 21.2 Å². The molecule has 0 spiro atoms. The van der Waals surface area contributed by atoms with Crippen molar-refractivity contribution in [2.45, 2.75) is 38.6 Å². The minimum atomic E-state index is -0.484. The zero-order valence-corrected chi connectivity index (χ0v) is 12.2. The summed E-state index contributed by atoms with van der Waals surface area (Å²) in [6.07, 6.45) is -0.426. The van der Waals surface area contributed by atoms with E-state index in [1.165, 1.54) is 0 Å². The van der Waals surface area contributed by atoms with Crippen LogP contribution in [0.2, 0.25) is 0 Å². The van der Waals surface area contributed by atoms with Gasteiger partial charge in [-0.2, -0.15) is 0 Å². The Hall–Kier alpha value is -1.03. The number of carbonyl (C=O) groups excluding carboxylic acids is 1. The minimum Gasteiger partial charge on any atom is -0.444 e. The molecule has 0 aliphatic heterocycles. The molecule has 1 amide bonds. The molecule has 0 radical (unpaired) electrons. The third-order valence-corrected chi connectivity index (χ3v) is 2.65. The van der Waals surface area contributed by atoms with Crippen molar-refractivity contribution in [2.24, 2.45) is 0 Å². The molecule has 0 saturated heterocycles. The van der Waals surface area contributed by atoms with Gasteiger partial charge >= 0.3 is 6.09 Å². The maximum absolute atomic E-state index is 11.7. The molecule has 1 N–H and O–H groups in total. The number of hydrogen-bond acceptors (Lipinski definition) is 2. The van der Waals surface area contributed by atoms with Crippen LogP contribution in [0.3, 0.4) is 0 Å². The number of carbonyl (C=O) groups is 1. The maximum atomic E-state index is 11.7. The van der Waals surface area contributed by atoms with Crippen LogP contribution < -0.4 is 5.32 Å². The van der Waals surface area contributed by atoms with Crippen LogP contribution in [0, 0.1) is 6.92 Å². The number of ether oxygens (including phenoxy) is 1. The largest absolute Gasteiger partial charge is 0.444 e. The number of benzene rings is 1. The van der Waals surface area contributed by atoms with E-state index in [9.17, 15) is 4.79 Å². The highest BCUT2D eigenvalue weighted by atomic mass is 79.9. The summed E-state index contributed by atoms with van der Waals surface area (Å²) in [5.74, 6) is 0. The Morgan fingerprint density at radius 3 is 2.59 bits per heavy atom. The summed E-state index contributed by atoms with van der Waals surface area (Å²) in [6, 6.07) is 5.92. The second-order valence-corrected chi connectivity index (χ2v) is 5.48. The molecule has 0 saturated carbocycles. The molecule has 0 atom stereocenters. The highest BCUT2D eigenvalue weighted by molar-refractivity contribution is 9.08. The minimum absolute atomic E-state index is 0.426. The first-order valence-electron chi connectivity index (χ1n) is 5.47. The standard InChI is InChI=1S/C13H18BrNO2/c1-9-5-6-10(8-14)11(7-9)15-12(16)17-13(2,3)4/h5-7H,8H2,1-4H3,(H,15,16). The molecule has 0 aromatic heterocycles. The first kappa shape index (κ1) is 14.0. The predicted molar refractivity (Wildman–Crippen MR) is 73.7 cm³/mol. The van der Waals surface area contributed by atoms with Crippen LogP contribution in [-0.4, -0.2) is 11.7 Å². The maximum Gasteiger partial charge on any atom is 0.412 e. The number of anilines is 1. The lowest BCUT2D eigenvalue weighted by Gasteiger charge is -2.20. The molecule has 0 aliphatic carbocycles. The molecule has 1 aromatic rings. The Balaban J connectivity index is 2.80. The Bertz CT molecular complexity index is 410. The van der Waals surface area contributed by atoms with Gasteiger partial charge in [0.2, 0.25) is 0 Å². The molecule has 0 fully saturated rings. The molecule has 0 bridgehead atoms. The van der Waals surface area contributed by atoms with Crippen molar-refractivity contribution in [3.8, 4) is 0 Å². The molecular formula is C13H18BrNO2. The van der Waals surface area contributed by atoms with Crippen LogP contribution in [-0.2, 0) is 10.1 Å². The average Bonchev–Trinajstić information content (AvgIpc) is 2.14. The highest BCUT2D eigenvalue weighted by Gasteiger charge is 2.17. The molecule has 0 heterocycles. The van der Waals surface area contributed by atoms with Gasteiger partial charge in [-0.1, -0.05) is 28.1 Å². The Morgan fingerprint density at radius 1 is 1.41 bits per heavy atom. The van der Waals surface area contributed by atoms with E-state index in [1.54, 1.807) is 0 Å². The van der Waals surface area contributed by atoms with Crippen LogP contribution in [0.1, 0.15) is 31.9 Å². The number of hydrogen-bond donors (Lipinski definition) is 1. The van der Waals surface area contributed by atoms with Gasteiger partial charge < -0.3 is 4.74 Å². The number of nitrogens with one attached hydrogen (secondary N) is 1. The molecule has 1 rings (SSSR count). The lowest BCUT2D eigenvalue weighted by atomic mass is 10.1. The van der Waals surface area contributed by atoms with Gasteiger partial charge in [0.25, 0.3) is 0 Å². The van der Waals surface area contributed by atoms with Crippen molar-refractivity contribution in [3.05, 3.63) is 29.3 Å². The normalized spacial score (nSPS) is 11.1. The lowest BCUT2D eigenvalue weighted by Crippen LogP contribution is -2.27. The zero-order chi connectivity index (χ0) is 13.1. The fourth-order valence-electron chi connectivity index (χ4n) is 1.34. The van der Waals surface area contributed by atoms with Crippen LogP contribution in [0.15, 0.2) is 18.2 Å². The second-order valence-electron chi connectivity index (χ2n) is 4.92. The smallest absolute Gasteiger partial charge is 0.412 e. The summed E-state index contributed by atoms with van der Waals surface area (Å²) in [4.78, 5) is 11.7. The second kappa shape index (κ2) is 5.54. The highest BCUT2D eigenvalue weighted by Crippen LogP contribution is 2.21. The zero-order valence-electron chi connectivity index (χ0n) is 10.6. The number of halogens is 1. The summed E-state index contributed by atoms with van der Waals surface area (Å²) >= 11 is 3.39. The van der Waals surface area contributed by atoms with E-state index in [4.69, 9.17) is 4.74 Å². The summed E-state index contributed by atoms with van der Waals surface area (Å²) in [5.41, 5.74) is 2.43. The quantitative estimate of drug-likeness (QED) is 0.830. The third kappa shape index (κ3) is 4.77. The van der Waals surface area contributed by atoms with Crippen molar-refractivity contribution >= 4 is 27.7 Å². The van der Waals surface area contributed by atoms with Crippen molar-refractivity contribution in [2.75, 3.05) is 5.32 Å². The molecule has 17 heavy (non-hydrogen) atoms. The topological polar surface area (TPSA) is 38.3 Å². The van der Waals surface area contributed by atoms with E-state index >= 15 is 0 Å². The summed E-state index contributed by atoms with van der Waals surface area (Å²) < 4.78 is 5.22. The Kier molecular flexibility index (Phi) is 4.57. The van der Waals surface area contributed by atoms with E-state index in [-0.39, 0.29) is 0 Å². The van der Waals surface area contributed by atoms with Gasteiger partial charge in [0.05, 0.1) is 0 Å². The molecule has 1 aromatic carbocycles. The van der Waals surface area contributed by atoms with Gasteiger partial charge in [-0.3, -0.25) is 5.32 Å². The molecule has 94 valence electrons. The van der Waals surface area contributed by atoms with Gasteiger partial charge in [0.1, 0.15) is 5.60 Å². The molecule has 4 heteroatoms. The molecular weight excluding hydrogens is 282 g/mol. The van der Waals surface area contributed by atoms with Crippen LogP contribution in [0.5, 0.6) is 0 Å². The van der Waals surface area contributed by atoms with Crippen LogP contribution in [0.4, 0.5) is 10.5 Å².